The third-order valence-electron chi connectivity index (χ3n) is 4.10. The van der Waals surface area contributed by atoms with Gasteiger partial charge in [0.05, 0.1) is 17.6 Å². The van der Waals surface area contributed by atoms with Gasteiger partial charge in [0, 0.05) is 49.8 Å². The van der Waals surface area contributed by atoms with Crippen molar-refractivity contribution in [3.05, 3.63) is 59.8 Å². The summed E-state index contributed by atoms with van der Waals surface area (Å²) in [5, 5.41) is 13.5. The molecule has 0 saturated carbocycles. The van der Waals surface area contributed by atoms with Gasteiger partial charge in [-0.05, 0) is 36.0 Å². The Morgan fingerprint density at radius 2 is 2.14 bits per heavy atom. The van der Waals surface area contributed by atoms with E-state index in [1.54, 1.807) is 38.7 Å². The summed E-state index contributed by atoms with van der Waals surface area (Å²) >= 11 is 0. The smallest absolute Gasteiger partial charge is 0.132 e. The Morgan fingerprint density at radius 3 is 2.79 bits per heavy atom. The van der Waals surface area contributed by atoms with E-state index in [9.17, 15) is 0 Å². The van der Waals surface area contributed by atoms with Crippen LogP contribution in [0.4, 0.5) is 5.82 Å². The predicted molar refractivity (Wildman–Crippen MR) is 115 cm³/mol. The fourth-order valence-corrected chi connectivity index (χ4v) is 2.66. The van der Waals surface area contributed by atoms with Crippen molar-refractivity contribution in [1.82, 2.24) is 15.3 Å². The number of rotatable bonds is 9. The zero-order chi connectivity index (χ0) is 20.5. The fourth-order valence-electron chi connectivity index (χ4n) is 2.66. The molecule has 0 amide bonds. The Bertz CT molecular complexity index is 918. The Kier molecular flexibility index (Phi) is 7.53. The van der Waals surface area contributed by atoms with Gasteiger partial charge < -0.3 is 32.2 Å². The molecule has 0 bridgehead atoms. The molecule has 2 aromatic rings. The van der Waals surface area contributed by atoms with Crippen molar-refractivity contribution in [1.29, 1.82) is 5.41 Å². The van der Waals surface area contributed by atoms with Gasteiger partial charge in [-0.15, -0.1) is 0 Å². The molecule has 28 heavy (non-hydrogen) atoms. The largest absolute Gasteiger partial charge is 0.404 e. The van der Waals surface area contributed by atoms with Gasteiger partial charge >= 0.3 is 0 Å². The van der Waals surface area contributed by atoms with Crippen LogP contribution in [0.3, 0.4) is 0 Å². The molecule has 1 atom stereocenters. The molecule has 0 spiro atoms. The first-order valence-corrected chi connectivity index (χ1v) is 8.82. The number of nitrogens with zero attached hydrogens (tertiary/aromatic N) is 2. The Morgan fingerprint density at radius 1 is 1.36 bits per heavy atom. The monoisotopic (exact) mass is 381 g/mol. The van der Waals surface area contributed by atoms with E-state index in [2.05, 4.69) is 20.6 Å². The number of ether oxygens (including phenoxy) is 1. The maximum atomic E-state index is 7.55. The molecular formula is C20H27N7O. The van der Waals surface area contributed by atoms with Gasteiger partial charge in [-0.25, -0.2) is 4.98 Å². The Labute approximate surface area is 164 Å². The van der Waals surface area contributed by atoms with Gasteiger partial charge in [0.2, 0.25) is 0 Å². The summed E-state index contributed by atoms with van der Waals surface area (Å²) in [6.07, 6.45) is 8.02. The van der Waals surface area contributed by atoms with E-state index in [-0.39, 0.29) is 5.92 Å². The summed E-state index contributed by atoms with van der Waals surface area (Å²) in [4.78, 5) is 8.98. The number of anilines is 1. The number of allylic oxidation sites excluding steroid dienone is 2. The quantitative estimate of drug-likeness (QED) is 0.332. The van der Waals surface area contributed by atoms with Gasteiger partial charge in [-0.2, -0.15) is 0 Å². The number of nitrogens with two attached hydrogens (primary N) is 2. The molecule has 0 aliphatic heterocycles. The first-order valence-electron chi connectivity index (χ1n) is 8.82. The van der Waals surface area contributed by atoms with Crippen LogP contribution in [-0.4, -0.2) is 36.9 Å². The van der Waals surface area contributed by atoms with Crippen molar-refractivity contribution in [2.45, 2.75) is 6.92 Å². The van der Waals surface area contributed by atoms with Crippen LogP contribution < -0.4 is 22.1 Å². The van der Waals surface area contributed by atoms with Gasteiger partial charge in [-0.1, -0.05) is 6.92 Å². The number of pyridine rings is 2. The molecular weight excluding hydrogens is 354 g/mol. The highest BCUT2D eigenvalue weighted by molar-refractivity contribution is 6.08. The fraction of sp³-hybridized carbons (Fsp3) is 0.250. The van der Waals surface area contributed by atoms with Crippen LogP contribution in [0.5, 0.6) is 0 Å². The van der Waals surface area contributed by atoms with Crippen molar-refractivity contribution < 1.29 is 4.74 Å². The molecule has 2 heterocycles. The second kappa shape index (κ2) is 10.1. The standard InChI is InChI=1S/C20H27N7O/c1-13(12-28-3)14(8-21)7-19(23)27-20-5-4-17-18(26-20)6-15(11-25-17)16(9-22)10-24-2/h4-11,13,22,24H,12,21,23H2,1-3H3,(H,26,27)/b14-8+,16-10+,19-7+,22-9?. The molecule has 7 N–H and O–H groups in total. The predicted octanol–water partition coefficient (Wildman–Crippen LogP) is 2.18. The highest BCUT2D eigenvalue weighted by Gasteiger charge is 2.08. The number of hydrogen-bond acceptors (Lipinski definition) is 8. The molecule has 0 aromatic carbocycles. The Hall–Kier alpha value is -3.39. The molecule has 2 rings (SSSR count). The van der Waals surface area contributed by atoms with Crippen molar-refractivity contribution in [2.24, 2.45) is 17.4 Å². The zero-order valence-corrected chi connectivity index (χ0v) is 16.4. The topological polar surface area (TPSA) is 135 Å². The van der Waals surface area contributed by atoms with E-state index in [4.69, 9.17) is 21.6 Å². The summed E-state index contributed by atoms with van der Waals surface area (Å²) < 4.78 is 5.16. The number of aromatic nitrogens is 2. The Balaban J connectivity index is 2.28. The summed E-state index contributed by atoms with van der Waals surface area (Å²) in [7, 11) is 3.43. The first kappa shape index (κ1) is 20.9. The van der Waals surface area contributed by atoms with Crippen molar-refractivity contribution in [3.63, 3.8) is 0 Å². The second-order valence-corrected chi connectivity index (χ2v) is 6.24. The third kappa shape index (κ3) is 5.31. The maximum absolute atomic E-state index is 7.55. The van der Waals surface area contributed by atoms with Gasteiger partial charge in [0.25, 0.3) is 0 Å². The van der Waals surface area contributed by atoms with Crippen LogP contribution in [0.2, 0.25) is 0 Å². The lowest BCUT2D eigenvalue weighted by atomic mass is 10.0. The van der Waals surface area contributed by atoms with Crippen molar-refractivity contribution in [2.75, 3.05) is 26.1 Å². The van der Waals surface area contributed by atoms with Crippen molar-refractivity contribution in [3.8, 4) is 0 Å². The summed E-state index contributed by atoms with van der Waals surface area (Å²) in [5.74, 6) is 1.13. The summed E-state index contributed by atoms with van der Waals surface area (Å²) in [6, 6.07) is 5.55. The minimum absolute atomic E-state index is 0.116. The van der Waals surface area contributed by atoms with Gasteiger partial charge in [-0.3, -0.25) is 4.98 Å². The van der Waals surface area contributed by atoms with Gasteiger partial charge in [0.1, 0.15) is 11.6 Å². The lowest BCUT2D eigenvalue weighted by molar-refractivity contribution is 0.173. The van der Waals surface area contributed by atoms with E-state index in [0.717, 1.165) is 16.7 Å². The molecule has 148 valence electrons. The molecule has 0 aliphatic carbocycles. The van der Waals surface area contributed by atoms with Crippen LogP contribution in [-0.2, 0) is 4.74 Å². The van der Waals surface area contributed by atoms with Crippen LogP contribution in [0.1, 0.15) is 12.5 Å². The lowest BCUT2D eigenvalue weighted by Crippen LogP contribution is -2.14. The minimum Gasteiger partial charge on any atom is -0.404 e. The van der Waals surface area contributed by atoms with Crippen LogP contribution >= 0.6 is 0 Å². The van der Waals surface area contributed by atoms with E-state index in [1.807, 2.05) is 19.1 Å². The zero-order valence-electron chi connectivity index (χ0n) is 16.4. The molecule has 0 fully saturated rings. The number of methoxy groups -OCH3 is 1. The highest BCUT2D eigenvalue weighted by Crippen LogP contribution is 2.19. The minimum atomic E-state index is 0.116. The molecule has 0 radical (unpaired) electrons. The van der Waals surface area contributed by atoms with E-state index in [0.29, 0.717) is 29.3 Å². The van der Waals surface area contributed by atoms with E-state index in [1.165, 1.54) is 12.4 Å². The molecule has 0 saturated heterocycles. The van der Waals surface area contributed by atoms with Crippen LogP contribution in [0.25, 0.3) is 16.6 Å². The van der Waals surface area contributed by atoms with Crippen LogP contribution in [0, 0.1) is 11.3 Å². The highest BCUT2D eigenvalue weighted by atomic mass is 16.5. The molecule has 8 nitrogen and oxygen atoms in total. The third-order valence-corrected chi connectivity index (χ3v) is 4.10. The van der Waals surface area contributed by atoms with E-state index >= 15 is 0 Å². The number of nitrogens with one attached hydrogen (secondary N) is 3. The van der Waals surface area contributed by atoms with Crippen molar-refractivity contribution >= 4 is 28.6 Å². The average Bonchev–Trinajstić information content (AvgIpc) is 2.69. The molecule has 1 unspecified atom stereocenters. The average molecular weight is 381 g/mol. The maximum Gasteiger partial charge on any atom is 0.132 e. The summed E-state index contributed by atoms with van der Waals surface area (Å²) in [5.41, 5.74) is 15.6. The molecule has 2 aromatic heterocycles. The summed E-state index contributed by atoms with van der Waals surface area (Å²) in [6.45, 7) is 2.55. The second-order valence-electron chi connectivity index (χ2n) is 6.24. The van der Waals surface area contributed by atoms with E-state index < -0.39 is 0 Å². The molecule has 0 aliphatic rings. The number of hydrogen-bond donors (Lipinski definition) is 5. The first-order chi connectivity index (χ1) is 13.5. The molecule has 8 heteroatoms. The van der Waals surface area contributed by atoms with Crippen LogP contribution in [0.15, 0.2) is 54.3 Å². The normalized spacial score (nSPS) is 14.0. The lowest BCUT2D eigenvalue weighted by Gasteiger charge is -2.13. The SMILES string of the molecule is CN/C=C(\C=N)c1cnc2ccc(N/C(N)=C/C(=C\N)C(C)COC)nc2c1. The van der Waals surface area contributed by atoms with Gasteiger partial charge in [0.15, 0.2) is 0 Å². The number of fused-ring (bicyclic) bond motifs is 1.